The van der Waals surface area contributed by atoms with E-state index in [1.165, 1.54) is 0 Å². The van der Waals surface area contributed by atoms with Gasteiger partial charge in [0.1, 0.15) is 0 Å². The highest BCUT2D eigenvalue weighted by Crippen LogP contribution is 2.21. The van der Waals surface area contributed by atoms with Crippen LogP contribution in [-0.2, 0) is 4.79 Å². The van der Waals surface area contributed by atoms with Crippen molar-refractivity contribution in [3.8, 4) is 0 Å². The Morgan fingerprint density at radius 1 is 1.26 bits per heavy atom. The number of piperidine rings is 1. The molecule has 0 unspecified atom stereocenters. The second-order valence-electron chi connectivity index (χ2n) is 4.76. The van der Waals surface area contributed by atoms with Crippen molar-refractivity contribution >= 4 is 17.5 Å². The lowest BCUT2D eigenvalue weighted by atomic mass is 9.95. The third kappa shape index (κ3) is 2.86. The number of carbonyl (C=O) groups excluding carboxylic acids is 2. The van der Waals surface area contributed by atoms with Crippen molar-refractivity contribution in [2.24, 2.45) is 11.7 Å². The van der Waals surface area contributed by atoms with Crippen LogP contribution in [0.15, 0.2) is 24.3 Å². The molecule has 102 valence electrons. The number of hydrogen-bond acceptors (Lipinski definition) is 3. The number of nitrogens with zero attached hydrogens (tertiary/aromatic N) is 1. The Bertz CT molecular complexity index is 479. The molecule has 19 heavy (non-hydrogen) atoms. The van der Waals surface area contributed by atoms with Crippen LogP contribution in [0.25, 0.3) is 0 Å². The van der Waals surface area contributed by atoms with Crippen LogP contribution in [0.2, 0.25) is 0 Å². The van der Waals surface area contributed by atoms with Gasteiger partial charge in [0.25, 0.3) is 5.91 Å². The highest BCUT2D eigenvalue weighted by Gasteiger charge is 2.27. The topological polar surface area (TPSA) is 75.4 Å². The molecule has 0 saturated carbocycles. The average Bonchev–Trinajstić information content (AvgIpc) is 2.46. The summed E-state index contributed by atoms with van der Waals surface area (Å²) in [6, 6.07) is 7.43. The molecule has 1 aromatic carbocycles. The normalized spacial score (nSPS) is 16.2. The van der Waals surface area contributed by atoms with Gasteiger partial charge in [-0.2, -0.15) is 0 Å². The molecule has 1 aliphatic heterocycles. The summed E-state index contributed by atoms with van der Waals surface area (Å²) in [5.41, 5.74) is 6.79. The molecular formula is C14H19N3O2. The number of amides is 2. The van der Waals surface area contributed by atoms with Gasteiger partial charge in [0, 0.05) is 31.7 Å². The van der Waals surface area contributed by atoms with Gasteiger partial charge in [-0.3, -0.25) is 9.59 Å². The molecule has 2 rings (SSSR count). The quantitative estimate of drug-likeness (QED) is 0.854. The lowest BCUT2D eigenvalue weighted by Crippen LogP contribution is -2.41. The SMILES string of the molecule is CNc1ccccc1C(=O)N1CCC(C(N)=O)CC1. The van der Waals surface area contributed by atoms with Crippen molar-refractivity contribution in [1.29, 1.82) is 0 Å². The number of benzene rings is 1. The summed E-state index contributed by atoms with van der Waals surface area (Å²) in [4.78, 5) is 25.3. The van der Waals surface area contributed by atoms with Gasteiger partial charge in [-0.1, -0.05) is 12.1 Å². The number of para-hydroxylation sites is 1. The van der Waals surface area contributed by atoms with Crippen LogP contribution < -0.4 is 11.1 Å². The lowest BCUT2D eigenvalue weighted by molar-refractivity contribution is -0.123. The van der Waals surface area contributed by atoms with E-state index in [1.54, 1.807) is 11.9 Å². The van der Waals surface area contributed by atoms with Gasteiger partial charge in [-0.15, -0.1) is 0 Å². The summed E-state index contributed by atoms with van der Waals surface area (Å²) >= 11 is 0. The first-order valence-corrected chi connectivity index (χ1v) is 6.49. The van der Waals surface area contributed by atoms with Crippen LogP contribution in [-0.4, -0.2) is 36.9 Å². The summed E-state index contributed by atoms with van der Waals surface area (Å²) in [6.45, 7) is 1.18. The number of hydrogen-bond donors (Lipinski definition) is 2. The van der Waals surface area contributed by atoms with E-state index in [-0.39, 0.29) is 17.7 Å². The van der Waals surface area contributed by atoms with Crippen molar-refractivity contribution in [1.82, 2.24) is 4.90 Å². The maximum Gasteiger partial charge on any atom is 0.255 e. The Morgan fingerprint density at radius 2 is 1.89 bits per heavy atom. The van der Waals surface area contributed by atoms with E-state index in [0.29, 0.717) is 31.5 Å². The van der Waals surface area contributed by atoms with Crippen molar-refractivity contribution in [2.45, 2.75) is 12.8 Å². The molecule has 1 fully saturated rings. The summed E-state index contributed by atoms with van der Waals surface area (Å²) < 4.78 is 0. The van der Waals surface area contributed by atoms with E-state index in [1.807, 2.05) is 24.3 Å². The van der Waals surface area contributed by atoms with E-state index < -0.39 is 0 Å². The fraction of sp³-hybridized carbons (Fsp3) is 0.429. The number of anilines is 1. The van der Waals surface area contributed by atoms with Crippen molar-refractivity contribution < 1.29 is 9.59 Å². The Kier molecular flexibility index (Phi) is 4.04. The van der Waals surface area contributed by atoms with Crippen molar-refractivity contribution in [2.75, 3.05) is 25.5 Å². The molecule has 5 heteroatoms. The number of nitrogens with two attached hydrogens (primary N) is 1. The molecule has 0 aromatic heterocycles. The lowest BCUT2D eigenvalue weighted by Gasteiger charge is -2.31. The van der Waals surface area contributed by atoms with Gasteiger partial charge in [-0.25, -0.2) is 0 Å². The molecule has 3 N–H and O–H groups in total. The van der Waals surface area contributed by atoms with Gasteiger partial charge in [0.05, 0.1) is 5.56 Å². The van der Waals surface area contributed by atoms with Gasteiger partial charge in [0.2, 0.25) is 5.91 Å². The Morgan fingerprint density at radius 3 is 2.47 bits per heavy atom. The Hall–Kier alpha value is -2.04. The van der Waals surface area contributed by atoms with Crippen molar-refractivity contribution in [3.63, 3.8) is 0 Å². The maximum atomic E-state index is 12.4. The first-order chi connectivity index (χ1) is 9.13. The number of rotatable bonds is 3. The second kappa shape index (κ2) is 5.73. The fourth-order valence-corrected chi connectivity index (χ4v) is 2.43. The fourth-order valence-electron chi connectivity index (χ4n) is 2.43. The molecule has 0 bridgehead atoms. The zero-order valence-corrected chi connectivity index (χ0v) is 11.1. The molecule has 1 aromatic rings. The standard InChI is InChI=1S/C14H19N3O2/c1-16-12-5-3-2-4-11(12)14(19)17-8-6-10(7-9-17)13(15)18/h2-5,10,16H,6-9H2,1H3,(H2,15,18). The Labute approximate surface area is 112 Å². The van der Waals surface area contributed by atoms with E-state index >= 15 is 0 Å². The molecule has 1 heterocycles. The molecule has 1 saturated heterocycles. The minimum absolute atomic E-state index is 0.00729. The van der Waals surface area contributed by atoms with E-state index in [2.05, 4.69) is 5.32 Å². The molecular weight excluding hydrogens is 242 g/mol. The van der Waals surface area contributed by atoms with Gasteiger partial charge >= 0.3 is 0 Å². The highest BCUT2D eigenvalue weighted by atomic mass is 16.2. The summed E-state index contributed by atoms with van der Waals surface area (Å²) in [6.07, 6.45) is 1.31. The molecule has 0 aliphatic carbocycles. The van der Waals surface area contributed by atoms with Crippen LogP contribution in [0.4, 0.5) is 5.69 Å². The van der Waals surface area contributed by atoms with Crippen LogP contribution in [0, 0.1) is 5.92 Å². The van der Waals surface area contributed by atoms with Crippen LogP contribution in [0.1, 0.15) is 23.2 Å². The van der Waals surface area contributed by atoms with Gasteiger partial charge in [-0.05, 0) is 25.0 Å². The van der Waals surface area contributed by atoms with E-state index in [9.17, 15) is 9.59 Å². The summed E-state index contributed by atoms with van der Waals surface area (Å²) in [5, 5.41) is 3.02. The number of primary amides is 1. The van der Waals surface area contributed by atoms with Gasteiger partial charge in [0.15, 0.2) is 0 Å². The summed E-state index contributed by atoms with van der Waals surface area (Å²) in [5.74, 6) is -0.348. The summed E-state index contributed by atoms with van der Waals surface area (Å²) in [7, 11) is 1.80. The Balaban J connectivity index is 2.07. The van der Waals surface area contributed by atoms with Gasteiger partial charge < -0.3 is 16.0 Å². The highest BCUT2D eigenvalue weighted by molar-refractivity contribution is 5.99. The monoisotopic (exact) mass is 261 g/mol. The predicted molar refractivity (Wildman–Crippen MR) is 73.8 cm³/mol. The average molecular weight is 261 g/mol. The predicted octanol–water partition coefficient (Wildman–Crippen LogP) is 1.07. The zero-order valence-electron chi connectivity index (χ0n) is 11.1. The minimum atomic E-state index is -0.261. The molecule has 5 nitrogen and oxygen atoms in total. The van der Waals surface area contributed by atoms with E-state index in [0.717, 1.165) is 5.69 Å². The molecule has 0 atom stereocenters. The number of nitrogens with one attached hydrogen (secondary N) is 1. The number of carbonyl (C=O) groups is 2. The van der Waals surface area contributed by atoms with Crippen LogP contribution >= 0.6 is 0 Å². The largest absolute Gasteiger partial charge is 0.387 e. The zero-order chi connectivity index (χ0) is 13.8. The maximum absolute atomic E-state index is 12.4. The van der Waals surface area contributed by atoms with E-state index in [4.69, 9.17) is 5.73 Å². The first-order valence-electron chi connectivity index (χ1n) is 6.49. The molecule has 0 spiro atoms. The third-order valence-electron chi connectivity index (χ3n) is 3.61. The minimum Gasteiger partial charge on any atom is -0.387 e. The third-order valence-corrected chi connectivity index (χ3v) is 3.61. The number of likely N-dealkylation sites (tertiary alicyclic amines) is 1. The first kappa shape index (κ1) is 13.4. The van der Waals surface area contributed by atoms with Crippen molar-refractivity contribution in [3.05, 3.63) is 29.8 Å². The molecule has 0 radical (unpaired) electrons. The second-order valence-corrected chi connectivity index (χ2v) is 4.76. The molecule has 2 amide bonds. The van der Waals surface area contributed by atoms with Crippen LogP contribution in [0.3, 0.4) is 0 Å². The smallest absolute Gasteiger partial charge is 0.255 e. The molecule has 1 aliphatic rings. The van der Waals surface area contributed by atoms with Crippen LogP contribution in [0.5, 0.6) is 0 Å².